The topological polar surface area (TPSA) is 34.0 Å². The minimum absolute atomic E-state index is 0.913. The van der Waals surface area contributed by atoms with Crippen LogP contribution in [-0.4, -0.2) is 26.0 Å². The molecule has 0 atom stereocenters. The van der Waals surface area contributed by atoms with E-state index in [1.165, 1.54) is 11.3 Å². The van der Waals surface area contributed by atoms with Crippen molar-refractivity contribution in [3.63, 3.8) is 0 Å². The fourth-order valence-electron chi connectivity index (χ4n) is 2.83. The third-order valence-corrected chi connectivity index (χ3v) is 4.62. The molecule has 0 aromatic carbocycles. The van der Waals surface area contributed by atoms with Gasteiger partial charge in [-0.2, -0.15) is 11.3 Å². The molecule has 4 heterocycles. The number of nitrogens with zero attached hydrogens (tertiary/aromatic N) is 4. The number of pyridine rings is 1. The summed E-state index contributed by atoms with van der Waals surface area (Å²) in [6.07, 6.45) is 5.68. The van der Waals surface area contributed by atoms with Gasteiger partial charge in [0, 0.05) is 37.6 Å². The lowest BCUT2D eigenvalue weighted by molar-refractivity contribution is 0.210. The van der Waals surface area contributed by atoms with Gasteiger partial charge in [0.05, 0.1) is 18.4 Å². The van der Waals surface area contributed by atoms with Gasteiger partial charge in [0.1, 0.15) is 5.82 Å². The predicted molar refractivity (Wildman–Crippen MR) is 83.9 cm³/mol. The van der Waals surface area contributed by atoms with Crippen molar-refractivity contribution in [2.75, 3.05) is 6.54 Å². The van der Waals surface area contributed by atoms with E-state index in [4.69, 9.17) is 0 Å². The summed E-state index contributed by atoms with van der Waals surface area (Å²) in [5.74, 6) is 1.15. The molecule has 106 valence electrons. The molecule has 3 aromatic rings. The maximum atomic E-state index is 4.61. The maximum absolute atomic E-state index is 4.61. The minimum Gasteiger partial charge on any atom is -0.326 e. The molecule has 0 fully saturated rings. The zero-order valence-corrected chi connectivity index (χ0v) is 12.5. The van der Waals surface area contributed by atoms with Crippen molar-refractivity contribution in [3.8, 4) is 11.3 Å². The van der Waals surface area contributed by atoms with Crippen molar-refractivity contribution in [2.24, 2.45) is 0 Å². The van der Waals surface area contributed by atoms with Gasteiger partial charge in [-0.05, 0) is 34.5 Å². The lowest BCUT2D eigenvalue weighted by Gasteiger charge is -2.28. The van der Waals surface area contributed by atoms with Gasteiger partial charge in [-0.3, -0.25) is 9.88 Å². The highest BCUT2D eigenvalue weighted by Gasteiger charge is 2.20. The van der Waals surface area contributed by atoms with Crippen LogP contribution in [0.1, 0.15) is 11.4 Å². The van der Waals surface area contributed by atoms with Crippen molar-refractivity contribution in [3.05, 3.63) is 58.9 Å². The maximum Gasteiger partial charge on any atom is 0.123 e. The van der Waals surface area contributed by atoms with E-state index in [0.717, 1.165) is 37.6 Å². The summed E-state index contributed by atoms with van der Waals surface area (Å²) >= 11 is 1.76. The summed E-state index contributed by atoms with van der Waals surface area (Å²) in [7, 11) is 0. The zero-order chi connectivity index (χ0) is 14.1. The van der Waals surface area contributed by atoms with Crippen molar-refractivity contribution in [2.45, 2.75) is 19.6 Å². The number of imidazole rings is 1. The van der Waals surface area contributed by atoms with Crippen LogP contribution in [0.3, 0.4) is 0 Å². The lowest BCUT2D eigenvalue weighted by Crippen LogP contribution is -2.33. The van der Waals surface area contributed by atoms with Crippen LogP contribution < -0.4 is 0 Å². The second kappa shape index (κ2) is 5.42. The Labute approximate surface area is 127 Å². The third-order valence-electron chi connectivity index (χ3n) is 3.89. The summed E-state index contributed by atoms with van der Waals surface area (Å²) in [5.41, 5.74) is 3.71. The first-order valence-corrected chi connectivity index (χ1v) is 8.03. The average Bonchev–Trinajstić information content (AvgIpc) is 3.17. The van der Waals surface area contributed by atoms with Crippen LogP contribution in [0, 0.1) is 0 Å². The molecule has 0 unspecified atom stereocenters. The van der Waals surface area contributed by atoms with E-state index in [2.05, 4.69) is 42.3 Å². The molecule has 0 saturated heterocycles. The molecule has 21 heavy (non-hydrogen) atoms. The highest BCUT2D eigenvalue weighted by molar-refractivity contribution is 7.07. The van der Waals surface area contributed by atoms with Gasteiger partial charge in [-0.15, -0.1) is 0 Å². The zero-order valence-electron chi connectivity index (χ0n) is 11.6. The van der Waals surface area contributed by atoms with Gasteiger partial charge < -0.3 is 4.57 Å². The van der Waals surface area contributed by atoms with Gasteiger partial charge in [0.2, 0.25) is 0 Å². The molecular weight excluding hydrogens is 280 g/mol. The Morgan fingerprint density at radius 3 is 3.00 bits per heavy atom. The fourth-order valence-corrected chi connectivity index (χ4v) is 3.49. The van der Waals surface area contributed by atoms with Crippen molar-refractivity contribution < 1.29 is 0 Å². The molecule has 3 aromatic heterocycles. The highest BCUT2D eigenvalue weighted by Crippen LogP contribution is 2.24. The summed E-state index contributed by atoms with van der Waals surface area (Å²) in [4.78, 5) is 11.3. The van der Waals surface area contributed by atoms with E-state index < -0.39 is 0 Å². The molecule has 5 heteroatoms. The number of hydrogen-bond donors (Lipinski definition) is 0. The normalized spacial score (nSPS) is 15.0. The molecule has 0 bridgehead atoms. The van der Waals surface area contributed by atoms with Crippen LogP contribution in [0.4, 0.5) is 0 Å². The van der Waals surface area contributed by atoms with Crippen molar-refractivity contribution in [1.82, 2.24) is 19.4 Å². The minimum atomic E-state index is 0.913. The summed E-state index contributed by atoms with van der Waals surface area (Å²) < 4.78 is 2.32. The van der Waals surface area contributed by atoms with Gasteiger partial charge in [-0.25, -0.2) is 4.98 Å². The largest absolute Gasteiger partial charge is 0.326 e. The van der Waals surface area contributed by atoms with E-state index in [-0.39, 0.29) is 0 Å². The SMILES string of the molecule is c1cncc(-c2cnc3n2CCN(Cc2ccsc2)C3)c1. The first-order valence-electron chi connectivity index (χ1n) is 7.08. The molecule has 0 radical (unpaired) electrons. The second-order valence-corrected chi connectivity index (χ2v) is 6.08. The number of hydrogen-bond acceptors (Lipinski definition) is 4. The van der Waals surface area contributed by atoms with E-state index in [0.29, 0.717) is 0 Å². The van der Waals surface area contributed by atoms with Crippen LogP contribution in [0.2, 0.25) is 0 Å². The number of fused-ring (bicyclic) bond motifs is 1. The average molecular weight is 296 g/mol. The molecule has 4 nitrogen and oxygen atoms in total. The Bertz CT molecular complexity index is 718. The van der Waals surface area contributed by atoms with E-state index >= 15 is 0 Å². The Hall–Kier alpha value is -1.98. The van der Waals surface area contributed by atoms with Crippen molar-refractivity contribution >= 4 is 11.3 Å². The Balaban J connectivity index is 1.56. The summed E-state index contributed by atoms with van der Waals surface area (Å²) in [6, 6.07) is 6.27. The molecule has 0 N–H and O–H groups in total. The van der Waals surface area contributed by atoms with Crippen LogP contribution in [-0.2, 0) is 19.6 Å². The smallest absolute Gasteiger partial charge is 0.123 e. The first kappa shape index (κ1) is 12.7. The lowest BCUT2D eigenvalue weighted by atomic mass is 10.2. The van der Waals surface area contributed by atoms with E-state index in [1.807, 2.05) is 18.5 Å². The molecule has 1 aliphatic rings. The molecule has 1 aliphatic heterocycles. The van der Waals surface area contributed by atoms with Crippen LogP contribution in [0.25, 0.3) is 11.3 Å². The highest BCUT2D eigenvalue weighted by atomic mass is 32.1. The molecular formula is C16H16N4S. The van der Waals surface area contributed by atoms with E-state index in [9.17, 15) is 0 Å². The monoisotopic (exact) mass is 296 g/mol. The predicted octanol–water partition coefficient (Wildman–Crippen LogP) is 3.02. The Morgan fingerprint density at radius 1 is 1.19 bits per heavy atom. The van der Waals surface area contributed by atoms with Gasteiger partial charge in [0.25, 0.3) is 0 Å². The van der Waals surface area contributed by atoms with Crippen LogP contribution in [0.5, 0.6) is 0 Å². The Morgan fingerprint density at radius 2 is 2.19 bits per heavy atom. The van der Waals surface area contributed by atoms with E-state index in [1.54, 1.807) is 17.5 Å². The fraction of sp³-hybridized carbons (Fsp3) is 0.250. The summed E-state index contributed by atoms with van der Waals surface area (Å²) in [5, 5.41) is 4.36. The number of rotatable bonds is 3. The summed E-state index contributed by atoms with van der Waals surface area (Å²) in [6.45, 7) is 3.98. The molecule has 0 saturated carbocycles. The van der Waals surface area contributed by atoms with Crippen molar-refractivity contribution in [1.29, 1.82) is 0 Å². The van der Waals surface area contributed by atoms with Gasteiger partial charge in [0.15, 0.2) is 0 Å². The Kier molecular flexibility index (Phi) is 3.29. The standard InChI is InChI=1S/C16H16N4S/c1-2-14(8-17-4-1)15-9-18-16-11-19(5-6-20(15)16)10-13-3-7-21-12-13/h1-4,7-9,12H,5-6,10-11H2. The second-order valence-electron chi connectivity index (χ2n) is 5.30. The number of aromatic nitrogens is 3. The number of thiophene rings is 1. The molecule has 0 aliphatic carbocycles. The third kappa shape index (κ3) is 2.50. The molecule has 0 spiro atoms. The quantitative estimate of drug-likeness (QED) is 0.745. The van der Waals surface area contributed by atoms with Gasteiger partial charge >= 0.3 is 0 Å². The van der Waals surface area contributed by atoms with Crippen LogP contribution in [0.15, 0.2) is 47.5 Å². The van der Waals surface area contributed by atoms with Crippen LogP contribution >= 0.6 is 11.3 Å². The van der Waals surface area contributed by atoms with Gasteiger partial charge in [-0.1, -0.05) is 0 Å². The molecule has 0 amide bonds. The first-order chi connectivity index (χ1) is 10.4. The molecule has 4 rings (SSSR count).